The zero-order valence-corrected chi connectivity index (χ0v) is 13.2. The molecule has 2 rings (SSSR count). The monoisotopic (exact) mass is 425 g/mol. The van der Waals surface area contributed by atoms with E-state index in [4.69, 9.17) is 4.42 Å². The molecule has 0 aliphatic rings. The number of anilines is 1. The predicted octanol–water partition coefficient (Wildman–Crippen LogP) is 5.32. The molecule has 0 aliphatic heterocycles. The summed E-state index contributed by atoms with van der Waals surface area (Å²) in [4.78, 5) is 0. The maximum atomic E-state index is 13.0. The van der Waals surface area contributed by atoms with Crippen LogP contribution < -0.4 is 5.32 Å². The molecule has 0 aliphatic carbocycles. The molecule has 0 saturated carbocycles. The summed E-state index contributed by atoms with van der Waals surface area (Å²) in [6.07, 6.45) is 0. The number of nitrogens with one attached hydrogen (secondary N) is 1. The molecule has 2 nitrogen and oxygen atoms in total. The maximum Gasteiger partial charge on any atom is 0.183 e. The van der Waals surface area contributed by atoms with Crippen LogP contribution in [0.4, 0.5) is 10.1 Å². The Bertz CT molecular complexity index is 522. The van der Waals surface area contributed by atoms with Gasteiger partial charge in [0, 0.05) is 5.69 Å². The summed E-state index contributed by atoms with van der Waals surface area (Å²) in [5.41, 5.74) is 0.821. The van der Waals surface area contributed by atoms with Gasteiger partial charge in [0.05, 0.1) is 15.5 Å². The van der Waals surface area contributed by atoms with Crippen molar-refractivity contribution in [2.45, 2.75) is 6.54 Å². The van der Waals surface area contributed by atoms with Crippen LogP contribution in [-0.4, -0.2) is 0 Å². The third-order valence-electron chi connectivity index (χ3n) is 2.08. The van der Waals surface area contributed by atoms with Crippen molar-refractivity contribution in [3.63, 3.8) is 0 Å². The van der Waals surface area contributed by atoms with Gasteiger partial charge in [0.25, 0.3) is 0 Å². The van der Waals surface area contributed by atoms with Gasteiger partial charge in [-0.05, 0) is 72.1 Å². The predicted molar refractivity (Wildman–Crippen MR) is 75.5 cm³/mol. The lowest BCUT2D eigenvalue weighted by Gasteiger charge is -2.05. The summed E-state index contributed by atoms with van der Waals surface area (Å²) in [6.45, 7) is 0.530. The highest BCUT2D eigenvalue weighted by molar-refractivity contribution is 9.13. The first-order valence-corrected chi connectivity index (χ1v) is 7.07. The Hall–Kier alpha value is -0.330. The quantitative estimate of drug-likeness (QED) is 0.717. The Morgan fingerprint density at radius 1 is 1.12 bits per heavy atom. The van der Waals surface area contributed by atoms with Crippen LogP contribution in [0.2, 0.25) is 0 Å². The van der Waals surface area contributed by atoms with Gasteiger partial charge in [-0.2, -0.15) is 0 Å². The van der Waals surface area contributed by atoms with Crippen LogP contribution in [0.5, 0.6) is 0 Å². The van der Waals surface area contributed by atoms with Crippen molar-refractivity contribution in [1.29, 1.82) is 0 Å². The first-order chi connectivity index (χ1) is 8.06. The van der Waals surface area contributed by atoms with Crippen molar-refractivity contribution < 1.29 is 8.81 Å². The molecule has 0 radical (unpaired) electrons. The van der Waals surface area contributed by atoms with Gasteiger partial charge in [0.2, 0.25) is 0 Å². The Balaban J connectivity index is 2.04. The Kier molecular flexibility index (Phi) is 4.27. The molecule has 0 unspecified atom stereocenters. The van der Waals surface area contributed by atoms with Crippen LogP contribution in [0.25, 0.3) is 0 Å². The first-order valence-electron chi connectivity index (χ1n) is 4.69. The summed E-state index contributed by atoms with van der Waals surface area (Å²) in [7, 11) is 0. The third-order valence-corrected chi connectivity index (χ3v) is 4.40. The molecule has 1 heterocycles. The molecule has 0 fully saturated rings. The molecule has 6 heteroatoms. The number of rotatable bonds is 3. The average molecular weight is 428 g/mol. The molecule has 0 amide bonds. The normalized spacial score (nSPS) is 10.6. The van der Waals surface area contributed by atoms with Crippen molar-refractivity contribution in [3.8, 4) is 0 Å². The highest BCUT2D eigenvalue weighted by atomic mass is 79.9. The number of benzene rings is 1. The second-order valence-corrected chi connectivity index (χ2v) is 5.75. The van der Waals surface area contributed by atoms with Crippen LogP contribution in [-0.2, 0) is 6.54 Å². The van der Waals surface area contributed by atoms with E-state index in [-0.39, 0.29) is 5.82 Å². The van der Waals surface area contributed by atoms with Crippen LogP contribution in [0.3, 0.4) is 0 Å². The SMILES string of the molecule is Fc1ccc(NCc2cc(Br)c(Br)o2)cc1Br. The van der Waals surface area contributed by atoms with Gasteiger partial charge >= 0.3 is 0 Å². The summed E-state index contributed by atoms with van der Waals surface area (Å²) in [5, 5.41) is 3.14. The Morgan fingerprint density at radius 2 is 1.88 bits per heavy atom. The highest BCUT2D eigenvalue weighted by Crippen LogP contribution is 2.27. The van der Waals surface area contributed by atoms with Gasteiger partial charge in [-0.15, -0.1) is 0 Å². The highest BCUT2D eigenvalue weighted by Gasteiger charge is 2.06. The zero-order chi connectivity index (χ0) is 12.4. The van der Waals surface area contributed by atoms with Gasteiger partial charge < -0.3 is 9.73 Å². The lowest BCUT2D eigenvalue weighted by Crippen LogP contribution is -1.98. The van der Waals surface area contributed by atoms with Gasteiger partial charge in [-0.1, -0.05) is 0 Å². The van der Waals surface area contributed by atoms with E-state index in [0.29, 0.717) is 15.7 Å². The van der Waals surface area contributed by atoms with Crippen LogP contribution in [0, 0.1) is 5.82 Å². The van der Waals surface area contributed by atoms with E-state index in [0.717, 1.165) is 15.9 Å². The number of furan rings is 1. The molecule has 0 bridgehead atoms. The lowest BCUT2D eigenvalue weighted by atomic mass is 10.3. The summed E-state index contributed by atoms with van der Waals surface area (Å²) >= 11 is 9.74. The van der Waals surface area contributed by atoms with Gasteiger partial charge in [-0.3, -0.25) is 0 Å². The fourth-order valence-corrected chi connectivity index (χ4v) is 2.31. The van der Waals surface area contributed by atoms with Gasteiger partial charge in [0.15, 0.2) is 4.67 Å². The van der Waals surface area contributed by atoms with Gasteiger partial charge in [-0.25, -0.2) is 4.39 Å². The van der Waals surface area contributed by atoms with Crippen molar-refractivity contribution in [1.82, 2.24) is 0 Å². The minimum Gasteiger partial charge on any atom is -0.451 e. The summed E-state index contributed by atoms with van der Waals surface area (Å²) in [5.74, 6) is 0.503. The molecule has 17 heavy (non-hydrogen) atoms. The molecule has 0 saturated heterocycles. The van der Waals surface area contributed by atoms with E-state index in [2.05, 4.69) is 53.1 Å². The van der Waals surface area contributed by atoms with Crippen molar-refractivity contribution in [3.05, 3.63) is 49.5 Å². The molecular weight excluding hydrogens is 421 g/mol. The molecule has 1 aromatic heterocycles. The minimum atomic E-state index is -0.279. The van der Waals surface area contributed by atoms with Crippen molar-refractivity contribution in [2.75, 3.05) is 5.32 Å². The zero-order valence-electron chi connectivity index (χ0n) is 8.44. The van der Waals surface area contributed by atoms with E-state index < -0.39 is 0 Å². The minimum absolute atomic E-state index is 0.279. The Labute approximate surface area is 123 Å². The van der Waals surface area contributed by atoms with E-state index in [1.54, 1.807) is 12.1 Å². The lowest BCUT2D eigenvalue weighted by molar-refractivity contribution is 0.494. The standard InChI is InChI=1S/C11H7Br3FNO/c12-8-3-6(1-2-10(8)15)16-5-7-4-9(13)11(14)17-7/h1-4,16H,5H2. The van der Waals surface area contributed by atoms with Crippen LogP contribution in [0.1, 0.15) is 5.76 Å². The summed E-state index contributed by atoms with van der Waals surface area (Å²) in [6, 6.07) is 6.63. The fraction of sp³-hybridized carbons (Fsp3) is 0.0909. The van der Waals surface area contributed by atoms with E-state index >= 15 is 0 Å². The molecular formula is C11H7Br3FNO. The number of hydrogen-bond acceptors (Lipinski definition) is 2. The molecule has 1 aromatic carbocycles. The third kappa shape index (κ3) is 3.33. The number of hydrogen-bond donors (Lipinski definition) is 1. The van der Waals surface area contributed by atoms with E-state index in [9.17, 15) is 4.39 Å². The van der Waals surface area contributed by atoms with Gasteiger partial charge in [0.1, 0.15) is 11.6 Å². The summed E-state index contributed by atoms with van der Waals surface area (Å²) < 4.78 is 20.4. The fourth-order valence-electron chi connectivity index (χ4n) is 1.27. The molecule has 0 atom stereocenters. The second kappa shape index (κ2) is 5.54. The Morgan fingerprint density at radius 3 is 2.47 bits per heavy atom. The largest absolute Gasteiger partial charge is 0.451 e. The molecule has 1 N–H and O–H groups in total. The maximum absolute atomic E-state index is 13.0. The van der Waals surface area contributed by atoms with E-state index in [1.165, 1.54) is 6.07 Å². The van der Waals surface area contributed by atoms with Crippen LogP contribution in [0.15, 0.2) is 42.3 Å². The number of halogens is 4. The first kappa shape index (κ1) is 13.1. The smallest absolute Gasteiger partial charge is 0.183 e. The molecule has 2 aromatic rings. The molecule has 90 valence electrons. The average Bonchev–Trinajstić information content (AvgIpc) is 2.60. The van der Waals surface area contributed by atoms with Crippen LogP contribution >= 0.6 is 47.8 Å². The van der Waals surface area contributed by atoms with E-state index in [1.807, 2.05) is 6.07 Å². The second-order valence-electron chi connectivity index (χ2n) is 3.32. The molecule has 0 spiro atoms. The van der Waals surface area contributed by atoms with Crippen molar-refractivity contribution >= 4 is 53.5 Å². The topological polar surface area (TPSA) is 25.2 Å². The van der Waals surface area contributed by atoms with Crippen molar-refractivity contribution in [2.24, 2.45) is 0 Å².